The van der Waals surface area contributed by atoms with Gasteiger partial charge >= 0.3 is 17.9 Å². The minimum atomic E-state index is -1.59. The Hall–Kier alpha value is -2.76. The number of esters is 3. The van der Waals surface area contributed by atoms with Gasteiger partial charge in [-0.3, -0.25) is 9.59 Å². The molecular formula is C26H28O11. The first-order valence-corrected chi connectivity index (χ1v) is 12.6. The average Bonchev–Trinajstić information content (AvgIpc) is 3.44. The lowest BCUT2D eigenvalue weighted by atomic mass is 9.38. The molecule has 37 heavy (non-hydrogen) atoms. The van der Waals surface area contributed by atoms with Gasteiger partial charge in [0.25, 0.3) is 0 Å². The third-order valence-electron chi connectivity index (χ3n) is 10.5. The molecule has 11 nitrogen and oxygen atoms in total. The van der Waals surface area contributed by atoms with Gasteiger partial charge in [-0.2, -0.15) is 0 Å². The second-order valence-corrected chi connectivity index (χ2v) is 12.3. The van der Waals surface area contributed by atoms with Crippen LogP contribution in [-0.4, -0.2) is 76.3 Å². The lowest BCUT2D eigenvalue weighted by Gasteiger charge is -2.63. The van der Waals surface area contributed by atoms with Crippen molar-refractivity contribution in [2.75, 3.05) is 6.61 Å². The van der Waals surface area contributed by atoms with Gasteiger partial charge in [-0.25, -0.2) is 9.59 Å². The van der Waals surface area contributed by atoms with Crippen LogP contribution in [0, 0.1) is 22.2 Å². The second kappa shape index (κ2) is 6.44. The number of cyclic esters (lactones) is 3. The Balaban J connectivity index is 1.44. The summed E-state index contributed by atoms with van der Waals surface area (Å²) in [6.07, 6.45) is -2.49. The minimum Gasteiger partial charge on any atom is -0.504 e. The molecule has 2 spiro atoms. The van der Waals surface area contributed by atoms with E-state index in [9.17, 15) is 29.4 Å². The zero-order valence-electron chi connectivity index (χ0n) is 20.9. The number of rotatable bonds is 1. The quantitative estimate of drug-likeness (QED) is 0.288. The summed E-state index contributed by atoms with van der Waals surface area (Å²) in [5.74, 6) is -3.41. The van der Waals surface area contributed by atoms with E-state index in [2.05, 4.69) is 0 Å². The van der Waals surface area contributed by atoms with Gasteiger partial charge in [0, 0.05) is 22.6 Å². The van der Waals surface area contributed by atoms with Crippen LogP contribution in [-0.2, 0) is 42.9 Å². The van der Waals surface area contributed by atoms with Crippen LogP contribution in [0.1, 0.15) is 47.0 Å². The Morgan fingerprint density at radius 3 is 2.41 bits per heavy atom. The molecule has 7 rings (SSSR count). The molecule has 0 amide bonds. The molecule has 2 N–H and O–H groups in total. The van der Waals surface area contributed by atoms with Crippen LogP contribution < -0.4 is 0 Å². The molecule has 0 aromatic rings. The summed E-state index contributed by atoms with van der Waals surface area (Å²) in [5.41, 5.74) is -5.38. The number of carbonyl (C=O) groups excluding carboxylic acids is 4. The smallest absolute Gasteiger partial charge is 0.339 e. The summed E-state index contributed by atoms with van der Waals surface area (Å²) < 4.78 is 28.7. The summed E-state index contributed by atoms with van der Waals surface area (Å²) in [7, 11) is 0. The highest BCUT2D eigenvalue weighted by Crippen LogP contribution is 2.78. The van der Waals surface area contributed by atoms with Crippen LogP contribution in [0.25, 0.3) is 0 Å². The number of Topliss-reactive ketones (excluding diaryl/α,β-unsaturated/α-hetero) is 1. The van der Waals surface area contributed by atoms with Gasteiger partial charge in [-0.05, 0) is 39.5 Å². The van der Waals surface area contributed by atoms with Crippen molar-refractivity contribution in [1.82, 2.24) is 0 Å². The molecule has 5 fully saturated rings. The fraction of sp³-hybridized carbons (Fsp3) is 0.692. The predicted octanol–water partition coefficient (Wildman–Crippen LogP) is 0.779. The van der Waals surface area contributed by atoms with Crippen LogP contribution in [0.15, 0.2) is 23.0 Å². The SMILES string of the molecule is CC1(C)O[C@H]2CC(=O)OC[C@@]23C1=C(O)C(=O)[C@]1(C)[C@@H]3CC[C@@]2(C)[C@H](C3=CC(=O)OC3O)OC(=O)[C@H]3O[C@]321. The summed E-state index contributed by atoms with van der Waals surface area (Å²) >= 11 is 0. The third kappa shape index (κ3) is 2.28. The van der Waals surface area contributed by atoms with E-state index < -0.39 is 87.4 Å². The first kappa shape index (κ1) is 23.4. The van der Waals surface area contributed by atoms with Gasteiger partial charge in [-0.15, -0.1) is 0 Å². The summed E-state index contributed by atoms with van der Waals surface area (Å²) in [4.78, 5) is 51.7. The number of fused-ring (bicyclic) bond motifs is 1. The van der Waals surface area contributed by atoms with E-state index in [4.69, 9.17) is 23.7 Å². The Morgan fingerprint density at radius 1 is 1.00 bits per heavy atom. The van der Waals surface area contributed by atoms with Gasteiger partial charge in [0.15, 0.2) is 11.9 Å². The maximum atomic E-state index is 14.3. The summed E-state index contributed by atoms with van der Waals surface area (Å²) in [6.45, 7) is 6.98. The molecule has 0 bridgehead atoms. The van der Waals surface area contributed by atoms with Gasteiger partial charge < -0.3 is 33.9 Å². The first-order valence-electron chi connectivity index (χ1n) is 12.6. The number of aliphatic hydroxyl groups excluding tert-OH is 2. The Morgan fingerprint density at radius 2 is 1.73 bits per heavy atom. The van der Waals surface area contributed by atoms with Gasteiger partial charge in [0.05, 0.1) is 29.0 Å². The fourth-order valence-electron chi connectivity index (χ4n) is 9.16. The molecule has 11 heteroatoms. The first-order chi connectivity index (χ1) is 17.3. The molecular weight excluding hydrogens is 488 g/mol. The van der Waals surface area contributed by atoms with Crippen molar-refractivity contribution in [2.45, 2.75) is 82.8 Å². The number of allylic oxidation sites excluding steroid dienone is 1. The Bertz CT molecular complexity index is 1280. The molecule has 4 saturated heterocycles. The largest absolute Gasteiger partial charge is 0.504 e. The van der Waals surface area contributed by atoms with E-state index in [-0.39, 0.29) is 18.6 Å². The van der Waals surface area contributed by atoms with Crippen molar-refractivity contribution < 1.29 is 53.1 Å². The van der Waals surface area contributed by atoms with Crippen molar-refractivity contribution in [1.29, 1.82) is 0 Å². The summed E-state index contributed by atoms with van der Waals surface area (Å²) in [6, 6.07) is 0. The molecule has 7 aliphatic rings. The van der Waals surface area contributed by atoms with Crippen molar-refractivity contribution in [3.05, 3.63) is 23.0 Å². The van der Waals surface area contributed by atoms with Gasteiger partial charge in [0.1, 0.15) is 18.3 Å². The lowest BCUT2D eigenvalue weighted by molar-refractivity contribution is -0.209. The number of ketones is 1. The molecule has 9 atom stereocenters. The van der Waals surface area contributed by atoms with Crippen molar-refractivity contribution in [3.8, 4) is 0 Å². The highest BCUT2D eigenvalue weighted by atomic mass is 16.7. The zero-order valence-corrected chi connectivity index (χ0v) is 20.9. The topological polar surface area (TPSA) is 158 Å². The molecule has 198 valence electrons. The van der Waals surface area contributed by atoms with E-state index in [0.717, 1.165) is 6.08 Å². The number of hydrogen-bond acceptors (Lipinski definition) is 11. The van der Waals surface area contributed by atoms with Crippen molar-refractivity contribution >= 4 is 23.7 Å². The zero-order chi connectivity index (χ0) is 26.5. The van der Waals surface area contributed by atoms with Crippen LogP contribution in [0.4, 0.5) is 0 Å². The lowest BCUT2D eigenvalue weighted by Crippen LogP contribution is -2.73. The van der Waals surface area contributed by atoms with E-state index in [0.29, 0.717) is 18.4 Å². The maximum absolute atomic E-state index is 14.3. The maximum Gasteiger partial charge on any atom is 0.339 e. The molecule has 1 saturated carbocycles. The normalized spacial score (nSPS) is 51.1. The van der Waals surface area contributed by atoms with E-state index in [1.165, 1.54) is 0 Å². The number of epoxide rings is 1. The van der Waals surface area contributed by atoms with Gasteiger partial charge in [0.2, 0.25) is 12.1 Å². The van der Waals surface area contributed by atoms with Crippen molar-refractivity contribution in [2.24, 2.45) is 22.2 Å². The highest BCUT2D eigenvalue weighted by Gasteiger charge is 2.90. The molecule has 0 aromatic heterocycles. The molecule has 5 aliphatic heterocycles. The van der Waals surface area contributed by atoms with E-state index in [1.807, 2.05) is 6.92 Å². The number of ether oxygens (including phenoxy) is 5. The minimum absolute atomic E-state index is 0.0290. The second-order valence-electron chi connectivity index (χ2n) is 12.3. The third-order valence-corrected chi connectivity index (χ3v) is 10.5. The van der Waals surface area contributed by atoms with E-state index >= 15 is 0 Å². The fourth-order valence-corrected chi connectivity index (χ4v) is 9.16. The standard InChI is InChI=1S/C26H28O11/c1-22(2)16-15(29)17(30)24(4)11(25(16)9-33-13(27)8-12(25)36-22)5-6-23(3)18(10-7-14(28)34-20(10)31)35-21(32)19-26(23,24)37-19/h7,11-12,18-20,29,31H,5-6,8-9H2,1-4H3/t11-,12-,18-,19+,20?,23-,24-,25-,26+/m0/s1. The molecule has 0 aromatic carbocycles. The van der Waals surface area contributed by atoms with Gasteiger partial charge in [-0.1, -0.05) is 6.92 Å². The molecule has 1 unspecified atom stereocenters. The monoisotopic (exact) mass is 516 g/mol. The Labute approximate surface area is 211 Å². The van der Waals surface area contributed by atoms with Crippen LogP contribution >= 0.6 is 0 Å². The van der Waals surface area contributed by atoms with Crippen LogP contribution in [0.3, 0.4) is 0 Å². The number of carbonyl (C=O) groups is 4. The predicted molar refractivity (Wildman–Crippen MR) is 118 cm³/mol. The van der Waals surface area contributed by atoms with E-state index in [1.54, 1.807) is 20.8 Å². The average molecular weight is 516 g/mol. The molecule has 2 aliphatic carbocycles. The number of aliphatic hydroxyl groups is 2. The van der Waals surface area contributed by atoms with Crippen LogP contribution in [0.2, 0.25) is 0 Å². The molecule has 0 radical (unpaired) electrons. The number of hydrogen-bond donors (Lipinski definition) is 2. The Kier molecular flexibility index (Phi) is 4.07. The highest BCUT2D eigenvalue weighted by molar-refractivity contribution is 6.04. The van der Waals surface area contributed by atoms with Crippen LogP contribution in [0.5, 0.6) is 0 Å². The summed E-state index contributed by atoms with van der Waals surface area (Å²) in [5, 5.41) is 22.0. The van der Waals surface area contributed by atoms with Crippen molar-refractivity contribution in [3.63, 3.8) is 0 Å². The molecule has 5 heterocycles.